The van der Waals surface area contributed by atoms with Gasteiger partial charge in [0.1, 0.15) is 5.82 Å². The van der Waals surface area contributed by atoms with E-state index in [0.717, 1.165) is 12.2 Å². The lowest BCUT2D eigenvalue weighted by atomic mass is 10.4. The molecule has 0 unspecified atom stereocenters. The lowest BCUT2D eigenvalue weighted by Crippen LogP contribution is -1.94. The summed E-state index contributed by atoms with van der Waals surface area (Å²) < 4.78 is 4.61. The predicted octanol–water partition coefficient (Wildman–Crippen LogP) is 0.760. The Kier molecular flexibility index (Phi) is 2.27. The first-order chi connectivity index (χ1) is 4.43. The number of hydrogen-bond acceptors (Lipinski definition) is 2. The number of nitrogens with one attached hydrogen (secondary N) is 1. The zero-order valence-corrected chi connectivity index (χ0v) is 5.13. The third-order valence-corrected chi connectivity index (χ3v) is 1.04. The molecule has 0 aliphatic rings. The quantitative estimate of drug-likeness (QED) is 0.647. The van der Waals surface area contributed by atoms with E-state index in [1.807, 2.05) is 0 Å². The Hall–Kier alpha value is -0.830. The van der Waals surface area contributed by atoms with Crippen LogP contribution in [-0.4, -0.2) is 16.6 Å². The molecular formula is C6H9N2O. The van der Waals surface area contributed by atoms with E-state index in [1.54, 1.807) is 12.4 Å². The summed E-state index contributed by atoms with van der Waals surface area (Å²) in [5, 5.41) is 0. The largest absolute Gasteiger partial charge is 0.379 e. The molecule has 0 saturated heterocycles. The van der Waals surface area contributed by atoms with Crippen molar-refractivity contribution >= 4 is 0 Å². The fourth-order valence-electron chi connectivity index (χ4n) is 0.604. The van der Waals surface area contributed by atoms with Crippen LogP contribution in [0.1, 0.15) is 5.82 Å². The van der Waals surface area contributed by atoms with Crippen LogP contribution in [-0.2, 0) is 11.2 Å². The first-order valence-electron chi connectivity index (χ1n) is 2.78. The predicted molar refractivity (Wildman–Crippen MR) is 33.6 cm³/mol. The van der Waals surface area contributed by atoms with Gasteiger partial charge in [0.05, 0.1) is 13.7 Å². The minimum atomic E-state index is 0.619. The molecular weight excluding hydrogens is 116 g/mol. The van der Waals surface area contributed by atoms with Gasteiger partial charge in [0.15, 0.2) is 0 Å². The number of ether oxygens (including phenoxy) is 1. The Bertz CT molecular complexity index is 148. The molecule has 0 aliphatic heterocycles. The summed E-state index contributed by atoms with van der Waals surface area (Å²) in [6.45, 7) is 0.619. The van der Waals surface area contributed by atoms with E-state index in [2.05, 4.69) is 21.8 Å². The molecule has 0 atom stereocenters. The van der Waals surface area contributed by atoms with Crippen molar-refractivity contribution in [1.29, 1.82) is 0 Å². The van der Waals surface area contributed by atoms with Crippen molar-refractivity contribution in [1.82, 2.24) is 9.97 Å². The molecule has 0 aliphatic carbocycles. The second-order valence-corrected chi connectivity index (χ2v) is 1.69. The summed E-state index contributed by atoms with van der Waals surface area (Å²) in [5.74, 6) is 0.943. The second-order valence-electron chi connectivity index (χ2n) is 1.69. The summed E-state index contributed by atoms with van der Waals surface area (Å²) in [6, 6.07) is 0. The van der Waals surface area contributed by atoms with Crippen LogP contribution in [0.15, 0.2) is 12.4 Å². The Morgan fingerprint density at radius 3 is 3.22 bits per heavy atom. The number of H-pyrrole nitrogens is 1. The molecule has 9 heavy (non-hydrogen) atoms. The standard InChI is InChI=1S/C6H9N2O/c1-9-5-2-6-7-3-4-8-6/h3-4H,1-2,5H2,(H,7,8). The molecule has 1 aromatic heterocycles. The molecule has 0 amide bonds. The average molecular weight is 125 g/mol. The maximum Gasteiger partial charge on any atom is 0.108 e. The van der Waals surface area contributed by atoms with Crippen LogP contribution in [0.3, 0.4) is 0 Å². The Balaban J connectivity index is 2.30. The summed E-state index contributed by atoms with van der Waals surface area (Å²) in [6.07, 6.45) is 4.31. The summed E-state index contributed by atoms with van der Waals surface area (Å²) in [5.41, 5.74) is 0. The molecule has 1 rings (SSSR count). The van der Waals surface area contributed by atoms with E-state index in [-0.39, 0.29) is 0 Å². The number of hydrogen-bond donors (Lipinski definition) is 1. The molecule has 0 aromatic carbocycles. The molecule has 0 spiro atoms. The molecule has 1 radical (unpaired) electrons. The lowest BCUT2D eigenvalue weighted by molar-refractivity contribution is 0.244. The summed E-state index contributed by atoms with van der Waals surface area (Å²) in [7, 11) is 3.24. The van der Waals surface area contributed by atoms with Crippen LogP contribution >= 0.6 is 0 Å². The molecule has 3 heteroatoms. The Morgan fingerprint density at radius 2 is 2.67 bits per heavy atom. The first kappa shape index (κ1) is 6.29. The zero-order chi connectivity index (χ0) is 6.53. The molecule has 0 fully saturated rings. The van der Waals surface area contributed by atoms with Crippen LogP contribution in [0.25, 0.3) is 0 Å². The maximum absolute atomic E-state index is 4.61. The van der Waals surface area contributed by atoms with Crippen LogP contribution in [0, 0.1) is 7.11 Å². The second kappa shape index (κ2) is 3.25. The first-order valence-corrected chi connectivity index (χ1v) is 2.78. The number of rotatable bonds is 3. The van der Waals surface area contributed by atoms with Crippen LogP contribution < -0.4 is 0 Å². The maximum atomic E-state index is 4.61. The number of nitrogens with zero attached hydrogens (tertiary/aromatic N) is 1. The molecule has 49 valence electrons. The number of aromatic nitrogens is 2. The van der Waals surface area contributed by atoms with Crippen molar-refractivity contribution in [3.63, 3.8) is 0 Å². The minimum absolute atomic E-state index is 0.619. The van der Waals surface area contributed by atoms with Gasteiger partial charge in [-0.3, -0.25) is 0 Å². The highest BCUT2D eigenvalue weighted by Crippen LogP contribution is 1.88. The van der Waals surface area contributed by atoms with Gasteiger partial charge in [-0.15, -0.1) is 0 Å². The van der Waals surface area contributed by atoms with Crippen molar-refractivity contribution in [3.05, 3.63) is 25.3 Å². The van der Waals surface area contributed by atoms with Gasteiger partial charge in [0.25, 0.3) is 0 Å². The van der Waals surface area contributed by atoms with E-state index in [1.165, 1.54) is 0 Å². The van der Waals surface area contributed by atoms with E-state index < -0.39 is 0 Å². The SMILES string of the molecule is [CH2]OCCc1ncc[nH]1. The van der Waals surface area contributed by atoms with Crippen LogP contribution in [0.5, 0.6) is 0 Å². The number of imidazole rings is 1. The van der Waals surface area contributed by atoms with Crippen molar-refractivity contribution in [2.75, 3.05) is 6.61 Å². The topological polar surface area (TPSA) is 37.9 Å². The third kappa shape index (κ3) is 1.85. The lowest BCUT2D eigenvalue weighted by Gasteiger charge is -1.92. The highest BCUT2D eigenvalue weighted by Gasteiger charge is 1.90. The van der Waals surface area contributed by atoms with Gasteiger partial charge >= 0.3 is 0 Å². The molecule has 1 N–H and O–H groups in total. The minimum Gasteiger partial charge on any atom is -0.379 e. The third-order valence-electron chi connectivity index (χ3n) is 1.04. The molecule has 1 heterocycles. The smallest absolute Gasteiger partial charge is 0.108 e. The van der Waals surface area contributed by atoms with Gasteiger partial charge in [-0.05, 0) is 0 Å². The van der Waals surface area contributed by atoms with E-state index in [4.69, 9.17) is 0 Å². The van der Waals surface area contributed by atoms with Gasteiger partial charge < -0.3 is 9.72 Å². The molecule has 3 nitrogen and oxygen atoms in total. The van der Waals surface area contributed by atoms with E-state index in [9.17, 15) is 0 Å². The van der Waals surface area contributed by atoms with Crippen molar-refractivity contribution in [2.45, 2.75) is 6.42 Å². The van der Waals surface area contributed by atoms with Gasteiger partial charge in [0, 0.05) is 18.8 Å². The normalized spacial score (nSPS) is 9.89. The van der Waals surface area contributed by atoms with Crippen molar-refractivity contribution in [3.8, 4) is 0 Å². The van der Waals surface area contributed by atoms with Gasteiger partial charge in [-0.2, -0.15) is 0 Å². The van der Waals surface area contributed by atoms with E-state index >= 15 is 0 Å². The summed E-state index contributed by atoms with van der Waals surface area (Å²) in [4.78, 5) is 6.94. The number of aromatic amines is 1. The van der Waals surface area contributed by atoms with Gasteiger partial charge in [-0.1, -0.05) is 0 Å². The van der Waals surface area contributed by atoms with Crippen LogP contribution in [0.4, 0.5) is 0 Å². The van der Waals surface area contributed by atoms with Crippen LogP contribution in [0.2, 0.25) is 0 Å². The van der Waals surface area contributed by atoms with Crippen molar-refractivity contribution < 1.29 is 4.74 Å². The summed E-state index contributed by atoms with van der Waals surface area (Å²) >= 11 is 0. The monoisotopic (exact) mass is 125 g/mol. The zero-order valence-electron chi connectivity index (χ0n) is 5.13. The highest BCUT2D eigenvalue weighted by atomic mass is 16.5. The Labute approximate surface area is 54.1 Å². The molecule has 0 bridgehead atoms. The van der Waals surface area contributed by atoms with Gasteiger partial charge in [0.2, 0.25) is 0 Å². The fourth-order valence-corrected chi connectivity index (χ4v) is 0.604. The Morgan fingerprint density at radius 1 is 1.78 bits per heavy atom. The molecule has 1 aromatic rings. The highest BCUT2D eigenvalue weighted by molar-refractivity contribution is 4.86. The van der Waals surface area contributed by atoms with Gasteiger partial charge in [-0.25, -0.2) is 4.98 Å². The van der Waals surface area contributed by atoms with E-state index in [0.29, 0.717) is 6.61 Å². The van der Waals surface area contributed by atoms with Crippen molar-refractivity contribution in [2.24, 2.45) is 0 Å². The fraction of sp³-hybridized carbons (Fsp3) is 0.333. The average Bonchev–Trinajstić information content (AvgIpc) is 2.34. The molecule has 0 saturated carbocycles.